The maximum absolute atomic E-state index is 6.28. The number of nitrogens with zero attached hydrogens (tertiary/aromatic N) is 2. The summed E-state index contributed by atoms with van der Waals surface area (Å²) in [6.45, 7) is 0. The number of thioether (sulfide) groups is 1. The lowest BCUT2D eigenvalue weighted by molar-refractivity contribution is 1.15. The van der Waals surface area contributed by atoms with Gasteiger partial charge in [0.1, 0.15) is 10.8 Å². The topological polar surface area (TPSA) is 120 Å². The van der Waals surface area contributed by atoms with Crippen molar-refractivity contribution in [1.29, 1.82) is 0 Å². The minimum absolute atomic E-state index is 0.292. The fourth-order valence-corrected chi connectivity index (χ4v) is 3.02. The number of aromatic amines is 1. The molecule has 6 nitrogen and oxygen atoms in total. The van der Waals surface area contributed by atoms with Crippen LogP contribution in [0.3, 0.4) is 0 Å². The van der Waals surface area contributed by atoms with E-state index in [4.69, 9.17) is 17.2 Å². The SMILES string of the molecule is Nc1nc(SCc2cnc[nH]2)c(N)c(-c2ccccc2)c1N. The molecule has 0 amide bonds. The third kappa shape index (κ3) is 2.71. The second-order valence-electron chi connectivity index (χ2n) is 4.74. The lowest BCUT2D eigenvalue weighted by Crippen LogP contribution is -2.06. The Labute approximate surface area is 132 Å². The second kappa shape index (κ2) is 5.98. The van der Waals surface area contributed by atoms with Crippen molar-refractivity contribution in [2.24, 2.45) is 0 Å². The molecule has 0 spiro atoms. The van der Waals surface area contributed by atoms with Crippen LogP contribution in [0.5, 0.6) is 0 Å². The number of anilines is 3. The summed E-state index contributed by atoms with van der Waals surface area (Å²) in [5, 5.41) is 0.667. The molecule has 0 aliphatic carbocycles. The first-order chi connectivity index (χ1) is 10.7. The minimum atomic E-state index is 0.292. The molecule has 22 heavy (non-hydrogen) atoms. The molecule has 0 aliphatic heterocycles. The normalized spacial score (nSPS) is 10.7. The van der Waals surface area contributed by atoms with E-state index in [-0.39, 0.29) is 0 Å². The number of aromatic nitrogens is 3. The van der Waals surface area contributed by atoms with Crippen molar-refractivity contribution in [1.82, 2.24) is 15.0 Å². The molecular weight excluding hydrogens is 296 g/mol. The number of benzene rings is 1. The quantitative estimate of drug-likeness (QED) is 0.549. The van der Waals surface area contributed by atoms with Crippen molar-refractivity contribution in [2.45, 2.75) is 10.8 Å². The van der Waals surface area contributed by atoms with Crippen molar-refractivity contribution >= 4 is 29.0 Å². The Morgan fingerprint density at radius 2 is 1.82 bits per heavy atom. The monoisotopic (exact) mass is 312 g/mol. The van der Waals surface area contributed by atoms with Crippen molar-refractivity contribution < 1.29 is 0 Å². The maximum Gasteiger partial charge on any atom is 0.148 e. The Morgan fingerprint density at radius 3 is 2.50 bits per heavy atom. The summed E-state index contributed by atoms with van der Waals surface area (Å²) < 4.78 is 0. The summed E-state index contributed by atoms with van der Waals surface area (Å²) in [5.41, 5.74) is 21.9. The van der Waals surface area contributed by atoms with Gasteiger partial charge in [-0.25, -0.2) is 9.97 Å². The average Bonchev–Trinajstić information content (AvgIpc) is 3.04. The predicted molar refractivity (Wildman–Crippen MR) is 91.1 cm³/mol. The predicted octanol–water partition coefficient (Wildman–Crippen LogP) is 2.51. The largest absolute Gasteiger partial charge is 0.396 e. The van der Waals surface area contributed by atoms with Crippen molar-refractivity contribution in [3.8, 4) is 11.1 Å². The standard InChI is InChI=1S/C15H16N6S/c16-12-11(9-4-2-1-3-5-9)13(17)15(21-14(12)18)22-7-10-6-19-8-20-10/h1-6,8H,7,16-17H2,(H2,18,21)(H,19,20). The van der Waals surface area contributed by atoms with Crippen LogP contribution in [0.25, 0.3) is 11.1 Å². The molecule has 2 aromatic heterocycles. The van der Waals surface area contributed by atoms with Crippen molar-refractivity contribution in [2.75, 3.05) is 17.2 Å². The van der Waals surface area contributed by atoms with Gasteiger partial charge in [0.15, 0.2) is 0 Å². The van der Waals surface area contributed by atoms with E-state index in [0.29, 0.717) is 28.0 Å². The number of nitrogens with one attached hydrogen (secondary N) is 1. The van der Waals surface area contributed by atoms with Gasteiger partial charge in [0.05, 0.1) is 17.7 Å². The summed E-state index contributed by atoms with van der Waals surface area (Å²) in [5.74, 6) is 0.967. The van der Waals surface area contributed by atoms with Gasteiger partial charge in [-0.1, -0.05) is 42.1 Å². The van der Waals surface area contributed by atoms with E-state index in [9.17, 15) is 0 Å². The highest BCUT2D eigenvalue weighted by Crippen LogP contribution is 2.40. The molecule has 0 unspecified atom stereocenters. The van der Waals surface area contributed by atoms with Gasteiger partial charge in [0, 0.05) is 23.2 Å². The molecule has 1 aromatic carbocycles. The Bertz CT molecular complexity index is 770. The van der Waals surface area contributed by atoms with Gasteiger partial charge in [-0.15, -0.1) is 0 Å². The van der Waals surface area contributed by atoms with Gasteiger partial charge in [-0.05, 0) is 5.56 Å². The maximum atomic E-state index is 6.28. The summed E-state index contributed by atoms with van der Waals surface area (Å²) in [6.07, 6.45) is 3.40. The van der Waals surface area contributed by atoms with Gasteiger partial charge in [0.2, 0.25) is 0 Å². The Balaban J connectivity index is 2.00. The molecule has 3 aromatic rings. The van der Waals surface area contributed by atoms with Gasteiger partial charge >= 0.3 is 0 Å². The minimum Gasteiger partial charge on any atom is -0.396 e. The highest BCUT2D eigenvalue weighted by atomic mass is 32.2. The molecule has 0 saturated carbocycles. The van der Waals surface area contributed by atoms with E-state index in [1.54, 1.807) is 12.5 Å². The molecule has 0 fully saturated rings. The zero-order valence-electron chi connectivity index (χ0n) is 11.8. The average molecular weight is 312 g/mol. The Kier molecular flexibility index (Phi) is 3.88. The first-order valence-electron chi connectivity index (χ1n) is 6.66. The first kappa shape index (κ1) is 14.3. The fourth-order valence-electron chi connectivity index (χ4n) is 2.15. The molecule has 0 saturated heterocycles. The van der Waals surface area contributed by atoms with E-state index >= 15 is 0 Å². The molecule has 112 valence electrons. The van der Waals surface area contributed by atoms with Crippen LogP contribution in [0.15, 0.2) is 47.9 Å². The van der Waals surface area contributed by atoms with Gasteiger partial charge in [0.25, 0.3) is 0 Å². The molecule has 0 atom stereocenters. The second-order valence-corrected chi connectivity index (χ2v) is 5.70. The zero-order chi connectivity index (χ0) is 15.5. The molecule has 0 bridgehead atoms. The van der Waals surface area contributed by atoms with Crippen LogP contribution in [0.2, 0.25) is 0 Å². The van der Waals surface area contributed by atoms with E-state index in [1.807, 2.05) is 30.3 Å². The Morgan fingerprint density at radius 1 is 1.05 bits per heavy atom. The molecule has 7 N–H and O–H groups in total. The van der Waals surface area contributed by atoms with E-state index in [0.717, 1.165) is 16.8 Å². The third-order valence-corrected chi connectivity index (χ3v) is 4.29. The summed E-state index contributed by atoms with van der Waals surface area (Å²) in [6, 6.07) is 9.70. The lowest BCUT2D eigenvalue weighted by Gasteiger charge is -2.14. The number of hydrogen-bond donors (Lipinski definition) is 4. The molecule has 0 radical (unpaired) electrons. The number of nitrogens with two attached hydrogens (primary N) is 3. The van der Waals surface area contributed by atoms with E-state index in [1.165, 1.54) is 11.8 Å². The van der Waals surface area contributed by atoms with Crippen LogP contribution in [-0.4, -0.2) is 15.0 Å². The fraction of sp³-hybridized carbons (Fsp3) is 0.0667. The molecule has 7 heteroatoms. The van der Waals surface area contributed by atoms with E-state index in [2.05, 4.69) is 15.0 Å². The summed E-state index contributed by atoms with van der Waals surface area (Å²) >= 11 is 1.49. The van der Waals surface area contributed by atoms with Crippen molar-refractivity contribution in [3.05, 3.63) is 48.5 Å². The van der Waals surface area contributed by atoms with Crippen LogP contribution in [0.4, 0.5) is 17.2 Å². The third-order valence-electron chi connectivity index (χ3n) is 3.25. The molecule has 0 aliphatic rings. The number of imidazole rings is 1. The van der Waals surface area contributed by atoms with Crippen molar-refractivity contribution in [3.63, 3.8) is 0 Å². The van der Waals surface area contributed by atoms with Gasteiger partial charge in [-0.2, -0.15) is 0 Å². The zero-order valence-corrected chi connectivity index (χ0v) is 12.6. The van der Waals surface area contributed by atoms with Crippen LogP contribution in [-0.2, 0) is 5.75 Å². The van der Waals surface area contributed by atoms with Crippen LogP contribution in [0, 0.1) is 0 Å². The smallest absolute Gasteiger partial charge is 0.148 e. The first-order valence-corrected chi connectivity index (χ1v) is 7.65. The molecule has 2 heterocycles. The molecular formula is C15H16N6S. The number of hydrogen-bond acceptors (Lipinski definition) is 6. The van der Waals surface area contributed by atoms with Crippen LogP contribution < -0.4 is 17.2 Å². The summed E-state index contributed by atoms with van der Waals surface area (Å²) in [7, 11) is 0. The van der Waals surface area contributed by atoms with Gasteiger partial charge in [-0.3, -0.25) is 0 Å². The highest BCUT2D eigenvalue weighted by molar-refractivity contribution is 7.98. The number of pyridine rings is 1. The highest BCUT2D eigenvalue weighted by Gasteiger charge is 2.16. The number of rotatable bonds is 4. The van der Waals surface area contributed by atoms with Crippen LogP contribution >= 0.6 is 11.8 Å². The lowest BCUT2D eigenvalue weighted by atomic mass is 10.0. The van der Waals surface area contributed by atoms with E-state index < -0.39 is 0 Å². The number of nitrogen functional groups attached to an aromatic ring is 3. The van der Waals surface area contributed by atoms with Crippen LogP contribution in [0.1, 0.15) is 5.69 Å². The number of H-pyrrole nitrogens is 1. The molecule has 3 rings (SSSR count). The van der Waals surface area contributed by atoms with Gasteiger partial charge < -0.3 is 22.2 Å². The summed E-state index contributed by atoms with van der Waals surface area (Å²) in [4.78, 5) is 11.3. The Hall–Kier alpha value is -2.67.